The summed E-state index contributed by atoms with van der Waals surface area (Å²) in [5.74, 6) is -0.447. The summed E-state index contributed by atoms with van der Waals surface area (Å²) < 4.78 is 10.4. The van der Waals surface area contributed by atoms with Gasteiger partial charge in [-0.25, -0.2) is 4.79 Å². The highest BCUT2D eigenvalue weighted by Crippen LogP contribution is 2.14. The summed E-state index contributed by atoms with van der Waals surface area (Å²) in [6.45, 7) is 3.86. The minimum atomic E-state index is -1.02. The Morgan fingerprint density at radius 3 is 2.94 bits per heavy atom. The first kappa shape index (κ1) is 12.4. The van der Waals surface area contributed by atoms with Gasteiger partial charge in [-0.2, -0.15) is 0 Å². The number of aliphatic carboxylic acids is 1. The van der Waals surface area contributed by atoms with E-state index in [1.807, 2.05) is 0 Å². The Hall–Kier alpha value is -1.62. The van der Waals surface area contributed by atoms with Crippen molar-refractivity contribution in [1.82, 2.24) is 4.98 Å². The van der Waals surface area contributed by atoms with Crippen LogP contribution in [0.2, 0.25) is 0 Å². The molecule has 1 unspecified atom stereocenters. The highest BCUT2D eigenvalue weighted by molar-refractivity contribution is 5.72. The Morgan fingerprint density at radius 2 is 2.38 bits per heavy atom. The number of carbonyl (C=O) groups is 1. The highest BCUT2D eigenvalue weighted by atomic mass is 16.5. The number of hydrogen-bond donors (Lipinski definition) is 1. The Morgan fingerprint density at radius 1 is 1.62 bits per heavy atom. The molecule has 0 aliphatic rings. The average molecular weight is 225 g/mol. The minimum Gasteiger partial charge on any atom is -0.488 e. The molecule has 0 fully saturated rings. The lowest BCUT2D eigenvalue weighted by Gasteiger charge is -2.14. The van der Waals surface area contributed by atoms with Crippen LogP contribution in [0.1, 0.15) is 12.6 Å². The predicted octanol–water partition coefficient (Wildman–Crippen LogP) is 1.26. The van der Waals surface area contributed by atoms with E-state index in [4.69, 9.17) is 14.6 Å². The van der Waals surface area contributed by atoms with E-state index in [0.717, 1.165) is 5.69 Å². The quantitative estimate of drug-likeness (QED) is 0.789. The van der Waals surface area contributed by atoms with Gasteiger partial charge in [0.25, 0.3) is 0 Å². The summed E-state index contributed by atoms with van der Waals surface area (Å²) in [5.41, 5.74) is 0.725. The number of carboxylic acid groups (broad SMARTS) is 1. The Bertz CT molecular complexity index is 354. The molecule has 5 nitrogen and oxygen atoms in total. The topological polar surface area (TPSA) is 68.7 Å². The van der Waals surface area contributed by atoms with Crippen molar-refractivity contribution in [2.75, 3.05) is 13.2 Å². The third kappa shape index (κ3) is 3.51. The second kappa shape index (κ2) is 6.07. The number of ether oxygens (including phenoxy) is 2. The Balaban J connectivity index is 2.55. The van der Waals surface area contributed by atoms with Gasteiger partial charge in [-0.15, -0.1) is 0 Å². The molecule has 0 aliphatic heterocycles. The summed E-state index contributed by atoms with van der Waals surface area (Å²) >= 11 is 0. The van der Waals surface area contributed by atoms with Crippen LogP contribution in [-0.2, 0) is 9.53 Å². The van der Waals surface area contributed by atoms with Gasteiger partial charge in [0.2, 0.25) is 0 Å². The van der Waals surface area contributed by atoms with Crippen LogP contribution < -0.4 is 4.74 Å². The number of aryl methyl sites for hydroxylation is 1. The fourth-order valence-corrected chi connectivity index (χ4v) is 1.18. The molecule has 1 heterocycles. The van der Waals surface area contributed by atoms with Gasteiger partial charge < -0.3 is 14.6 Å². The van der Waals surface area contributed by atoms with Gasteiger partial charge in [-0.3, -0.25) is 4.98 Å². The third-order valence-electron chi connectivity index (χ3n) is 1.99. The van der Waals surface area contributed by atoms with Crippen molar-refractivity contribution >= 4 is 5.97 Å². The molecule has 0 aromatic carbocycles. The zero-order chi connectivity index (χ0) is 12.0. The molecular formula is C11H15NO4. The van der Waals surface area contributed by atoms with Crippen molar-refractivity contribution in [2.24, 2.45) is 0 Å². The van der Waals surface area contributed by atoms with Crippen LogP contribution in [-0.4, -0.2) is 35.4 Å². The maximum Gasteiger partial charge on any atom is 0.336 e. The normalized spacial score (nSPS) is 12.1. The molecule has 88 valence electrons. The van der Waals surface area contributed by atoms with Crippen molar-refractivity contribution in [3.63, 3.8) is 0 Å². The first-order chi connectivity index (χ1) is 7.65. The SMILES string of the molecule is CCOC(COc1cccnc1C)C(=O)O. The standard InChI is InChI=1S/C11H15NO4/c1-3-15-10(11(13)14)7-16-9-5-4-6-12-8(9)2/h4-6,10H,3,7H2,1-2H3,(H,13,14). The van der Waals surface area contributed by atoms with Gasteiger partial charge in [0.15, 0.2) is 6.10 Å². The fraction of sp³-hybridized carbons (Fsp3) is 0.455. The molecule has 16 heavy (non-hydrogen) atoms. The highest BCUT2D eigenvalue weighted by Gasteiger charge is 2.18. The molecule has 0 aliphatic carbocycles. The largest absolute Gasteiger partial charge is 0.488 e. The van der Waals surface area contributed by atoms with E-state index < -0.39 is 12.1 Å². The van der Waals surface area contributed by atoms with E-state index in [-0.39, 0.29) is 6.61 Å². The molecule has 1 aromatic heterocycles. The van der Waals surface area contributed by atoms with E-state index in [0.29, 0.717) is 12.4 Å². The van der Waals surface area contributed by atoms with Crippen molar-refractivity contribution < 1.29 is 19.4 Å². The zero-order valence-electron chi connectivity index (χ0n) is 9.34. The van der Waals surface area contributed by atoms with Gasteiger partial charge in [0, 0.05) is 12.8 Å². The second-order valence-corrected chi connectivity index (χ2v) is 3.18. The minimum absolute atomic E-state index is 0.0181. The zero-order valence-corrected chi connectivity index (χ0v) is 9.34. The van der Waals surface area contributed by atoms with Crippen LogP contribution in [0.5, 0.6) is 5.75 Å². The van der Waals surface area contributed by atoms with Gasteiger partial charge in [-0.05, 0) is 26.0 Å². The van der Waals surface area contributed by atoms with Gasteiger partial charge >= 0.3 is 5.97 Å². The van der Waals surface area contributed by atoms with Crippen molar-refractivity contribution in [1.29, 1.82) is 0 Å². The van der Waals surface area contributed by atoms with E-state index in [2.05, 4.69) is 4.98 Å². The summed E-state index contributed by atoms with van der Waals surface area (Å²) in [6.07, 6.45) is 0.712. The number of nitrogens with zero attached hydrogens (tertiary/aromatic N) is 1. The molecule has 0 amide bonds. The maximum absolute atomic E-state index is 10.8. The Kier molecular flexibility index (Phi) is 4.72. The molecule has 0 radical (unpaired) electrons. The molecule has 5 heteroatoms. The van der Waals surface area contributed by atoms with Crippen molar-refractivity contribution in [3.8, 4) is 5.75 Å². The number of aromatic nitrogens is 1. The molecule has 0 bridgehead atoms. The van der Waals surface area contributed by atoms with Crippen LogP contribution in [0.25, 0.3) is 0 Å². The molecule has 1 aromatic rings. The van der Waals surface area contributed by atoms with E-state index in [9.17, 15) is 4.79 Å². The molecule has 0 spiro atoms. The summed E-state index contributed by atoms with van der Waals surface area (Å²) in [4.78, 5) is 14.8. The first-order valence-electron chi connectivity index (χ1n) is 5.04. The van der Waals surface area contributed by atoms with E-state index >= 15 is 0 Å². The van der Waals surface area contributed by atoms with Crippen molar-refractivity contribution in [2.45, 2.75) is 20.0 Å². The number of rotatable bonds is 6. The monoisotopic (exact) mass is 225 g/mol. The fourth-order valence-electron chi connectivity index (χ4n) is 1.18. The lowest BCUT2D eigenvalue weighted by atomic mass is 10.3. The third-order valence-corrected chi connectivity index (χ3v) is 1.99. The summed E-state index contributed by atoms with van der Waals surface area (Å²) in [5, 5.41) is 8.83. The van der Waals surface area contributed by atoms with Crippen molar-refractivity contribution in [3.05, 3.63) is 24.0 Å². The molecular weight excluding hydrogens is 210 g/mol. The summed E-state index contributed by atoms with van der Waals surface area (Å²) in [7, 11) is 0. The van der Waals surface area contributed by atoms with E-state index in [1.54, 1.807) is 32.2 Å². The predicted molar refractivity (Wildman–Crippen MR) is 57.5 cm³/mol. The van der Waals surface area contributed by atoms with Gasteiger partial charge in [0.1, 0.15) is 12.4 Å². The first-order valence-corrected chi connectivity index (χ1v) is 5.04. The van der Waals surface area contributed by atoms with Crippen LogP contribution >= 0.6 is 0 Å². The second-order valence-electron chi connectivity index (χ2n) is 3.18. The lowest BCUT2D eigenvalue weighted by Crippen LogP contribution is -2.30. The molecule has 0 saturated heterocycles. The van der Waals surface area contributed by atoms with Crippen LogP contribution in [0.3, 0.4) is 0 Å². The summed E-state index contributed by atoms with van der Waals surface area (Å²) in [6, 6.07) is 3.48. The van der Waals surface area contributed by atoms with Gasteiger partial charge in [0.05, 0.1) is 5.69 Å². The molecule has 1 N–H and O–H groups in total. The van der Waals surface area contributed by atoms with E-state index in [1.165, 1.54) is 0 Å². The van der Waals surface area contributed by atoms with Gasteiger partial charge in [-0.1, -0.05) is 0 Å². The van der Waals surface area contributed by atoms with Crippen LogP contribution in [0.15, 0.2) is 18.3 Å². The molecule has 1 atom stereocenters. The smallest absolute Gasteiger partial charge is 0.336 e. The van der Waals surface area contributed by atoms with Crippen LogP contribution in [0.4, 0.5) is 0 Å². The Labute approximate surface area is 94.0 Å². The maximum atomic E-state index is 10.8. The molecule has 1 rings (SSSR count). The number of carboxylic acids is 1. The number of pyridine rings is 1. The molecule has 0 saturated carbocycles. The lowest BCUT2D eigenvalue weighted by molar-refractivity contribution is -0.152. The number of hydrogen-bond acceptors (Lipinski definition) is 4. The average Bonchev–Trinajstić information content (AvgIpc) is 2.26. The van der Waals surface area contributed by atoms with Crippen LogP contribution in [0, 0.1) is 6.92 Å².